The molecular formula is C18H30N6O6. The van der Waals surface area contributed by atoms with Crippen LogP contribution in [0.15, 0.2) is 12.5 Å². The Balaban J connectivity index is 2.88. The summed E-state index contributed by atoms with van der Waals surface area (Å²) in [5.74, 6) is -3.25. The van der Waals surface area contributed by atoms with Crippen molar-refractivity contribution in [3.05, 3.63) is 18.2 Å². The Kier molecular flexibility index (Phi) is 9.92. The highest BCUT2D eigenvalue weighted by atomic mass is 16.4. The number of hydrogen-bond donors (Lipinski definition) is 7. The van der Waals surface area contributed by atoms with Gasteiger partial charge in [-0.15, -0.1) is 0 Å². The van der Waals surface area contributed by atoms with E-state index in [0.717, 1.165) is 0 Å². The van der Waals surface area contributed by atoms with E-state index in [-0.39, 0.29) is 12.3 Å². The predicted octanol–water partition coefficient (Wildman–Crippen LogP) is -2.12. The number of hydrogen-bond acceptors (Lipinski definition) is 7. The van der Waals surface area contributed by atoms with Gasteiger partial charge in [-0.2, -0.15) is 0 Å². The number of H-pyrrole nitrogens is 1. The Morgan fingerprint density at radius 1 is 1.07 bits per heavy atom. The standard InChI is InChI=1S/C18H30N6O6/c1-9(2)4-12(19)15(26)23-13(5-11-6-20-8-21-11)16(27)24-14(7-25)17(28)22-10(3)18(29)30/h6,8-10,12-14,25H,4-5,7,19H2,1-3H3,(H,20,21)(H,22,28)(H,23,26)(H,24,27)(H,29,30). The average molecular weight is 426 g/mol. The number of aliphatic hydroxyl groups excluding tert-OH is 1. The van der Waals surface area contributed by atoms with Crippen molar-refractivity contribution in [1.29, 1.82) is 0 Å². The van der Waals surface area contributed by atoms with Gasteiger partial charge in [-0.3, -0.25) is 19.2 Å². The van der Waals surface area contributed by atoms with Crippen molar-refractivity contribution in [3.8, 4) is 0 Å². The van der Waals surface area contributed by atoms with Crippen LogP contribution in [0.1, 0.15) is 32.9 Å². The number of nitrogens with two attached hydrogens (primary N) is 1. The zero-order valence-electron chi connectivity index (χ0n) is 17.2. The number of aromatic nitrogens is 2. The van der Waals surface area contributed by atoms with Crippen LogP contribution in [0.25, 0.3) is 0 Å². The van der Waals surface area contributed by atoms with Crippen LogP contribution in [-0.2, 0) is 25.6 Å². The van der Waals surface area contributed by atoms with E-state index in [1.54, 1.807) is 0 Å². The molecule has 0 bridgehead atoms. The molecule has 0 saturated heterocycles. The van der Waals surface area contributed by atoms with Gasteiger partial charge in [0.1, 0.15) is 18.1 Å². The van der Waals surface area contributed by atoms with Crippen LogP contribution in [0.4, 0.5) is 0 Å². The minimum Gasteiger partial charge on any atom is -0.480 e. The fourth-order valence-corrected chi connectivity index (χ4v) is 2.56. The summed E-state index contributed by atoms with van der Waals surface area (Å²) in [4.78, 5) is 54.8. The van der Waals surface area contributed by atoms with Crippen molar-refractivity contribution in [2.75, 3.05) is 6.61 Å². The van der Waals surface area contributed by atoms with Crippen LogP contribution >= 0.6 is 0 Å². The highest BCUT2D eigenvalue weighted by molar-refractivity contribution is 5.94. The molecule has 0 radical (unpaired) electrons. The van der Waals surface area contributed by atoms with Gasteiger partial charge in [-0.1, -0.05) is 13.8 Å². The molecule has 0 spiro atoms. The number of rotatable bonds is 12. The second kappa shape index (κ2) is 11.9. The molecule has 0 saturated carbocycles. The maximum atomic E-state index is 12.7. The second-order valence-corrected chi connectivity index (χ2v) is 7.39. The summed E-state index contributed by atoms with van der Waals surface area (Å²) in [7, 11) is 0. The Labute approximate surface area is 174 Å². The third-order valence-corrected chi connectivity index (χ3v) is 4.22. The van der Waals surface area contributed by atoms with Gasteiger partial charge in [-0.05, 0) is 19.3 Å². The van der Waals surface area contributed by atoms with E-state index in [2.05, 4.69) is 25.9 Å². The average Bonchev–Trinajstić information content (AvgIpc) is 3.17. The van der Waals surface area contributed by atoms with Crippen molar-refractivity contribution >= 4 is 23.7 Å². The van der Waals surface area contributed by atoms with Crippen LogP contribution in [0.2, 0.25) is 0 Å². The number of nitrogens with one attached hydrogen (secondary N) is 4. The molecule has 12 nitrogen and oxygen atoms in total. The normalized spacial score (nSPS) is 15.0. The summed E-state index contributed by atoms with van der Waals surface area (Å²) in [6.07, 6.45) is 3.34. The first-order chi connectivity index (χ1) is 14.0. The largest absolute Gasteiger partial charge is 0.480 e. The summed E-state index contributed by atoms with van der Waals surface area (Å²) < 4.78 is 0. The van der Waals surface area contributed by atoms with Gasteiger partial charge < -0.3 is 36.9 Å². The highest BCUT2D eigenvalue weighted by Crippen LogP contribution is 2.05. The predicted molar refractivity (Wildman–Crippen MR) is 106 cm³/mol. The lowest BCUT2D eigenvalue weighted by Gasteiger charge is -2.24. The summed E-state index contributed by atoms with van der Waals surface area (Å²) in [5, 5.41) is 25.4. The van der Waals surface area contributed by atoms with Gasteiger partial charge in [0.25, 0.3) is 0 Å². The molecule has 0 fully saturated rings. The van der Waals surface area contributed by atoms with Crippen molar-refractivity contribution in [2.24, 2.45) is 11.7 Å². The van der Waals surface area contributed by atoms with E-state index < -0.39 is 54.5 Å². The summed E-state index contributed by atoms with van der Waals surface area (Å²) in [6.45, 7) is 4.30. The van der Waals surface area contributed by atoms with E-state index in [0.29, 0.717) is 12.1 Å². The monoisotopic (exact) mass is 426 g/mol. The Hall–Kier alpha value is -2.99. The first kappa shape index (κ1) is 25.0. The zero-order chi connectivity index (χ0) is 22.8. The summed E-state index contributed by atoms with van der Waals surface area (Å²) in [5.41, 5.74) is 6.43. The number of imidazole rings is 1. The molecule has 30 heavy (non-hydrogen) atoms. The molecule has 4 unspecified atom stereocenters. The molecule has 0 aliphatic carbocycles. The van der Waals surface area contributed by atoms with Crippen molar-refractivity contribution in [2.45, 2.75) is 57.8 Å². The van der Waals surface area contributed by atoms with Gasteiger partial charge in [0.05, 0.1) is 19.0 Å². The fourth-order valence-electron chi connectivity index (χ4n) is 2.56. The topological polar surface area (TPSA) is 200 Å². The van der Waals surface area contributed by atoms with Crippen LogP contribution < -0.4 is 21.7 Å². The van der Waals surface area contributed by atoms with E-state index in [9.17, 15) is 24.3 Å². The van der Waals surface area contributed by atoms with Crippen LogP contribution in [0.3, 0.4) is 0 Å². The number of carboxylic acid groups (broad SMARTS) is 1. The molecular weight excluding hydrogens is 396 g/mol. The fraction of sp³-hybridized carbons (Fsp3) is 0.611. The summed E-state index contributed by atoms with van der Waals surface area (Å²) >= 11 is 0. The third kappa shape index (κ3) is 8.17. The van der Waals surface area contributed by atoms with Crippen molar-refractivity contribution in [3.63, 3.8) is 0 Å². The molecule has 12 heteroatoms. The van der Waals surface area contributed by atoms with Gasteiger partial charge in [0, 0.05) is 18.3 Å². The molecule has 168 valence electrons. The molecule has 3 amide bonds. The molecule has 0 aromatic carbocycles. The molecule has 1 aromatic rings. The Morgan fingerprint density at radius 2 is 1.67 bits per heavy atom. The number of carbonyl (C=O) groups excluding carboxylic acids is 3. The maximum Gasteiger partial charge on any atom is 0.325 e. The number of amides is 3. The van der Waals surface area contributed by atoms with E-state index >= 15 is 0 Å². The molecule has 0 aliphatic heterocycles. The number of carbonyl (C=O) groups is 4. The Bertz CT molecular complexity index is 723. The van der Waals surface area contributed by atoms with Gasteiger partial charge in [0.2, 0.25) is 17.7 Å². The lowest BCUT2D eigenvalue weighted by atomic mass is 10.0. The molecule has 1 rings (SSSR count). The third-order valence-electron chi connectivity index (χ3n) is 4.22. The van der Waals surface area contributed by atoms with E-state index in [4.69, 9.17) is 10.8 Å². The van der Waals surface area contributed by atoms with E-state index in [1.165, 1.54) is 19.4 Å². The molecule has 4 atom stereocenters. The minimum atomic E-state index is -1.40. The smallest absolute Gasteiger partial charge is 0.325 e. The molecule has 0 aliphatic rings. The van der Waals surface area contributed by atoms with Gasteiger partial charge in [0.15, 0.2) is 0 Å². The minimum absolute atomic E-state index is 0.0390. The number of aliphatic hydroxyl groups is 1. The number of nitrogens with zero attached hydrogens (tertiary/aromatic N) is 1. The molecule has 1 heterocycles. The van der Waals surface area contributed by atoms with Gasteiger partial charge in [-0.25, -0.2) is 4.98 Å². The second-order valence-electron chi connectivity index (χ2n) is 7.39. The lowest BCUT2D eigenvalue weighted by molar-refractivity contribution is -0.142. The van der Waals surface area contributed by atoms with Crippen molar-refractivity contribution < 1.29 is 29.4 Å². The SMILES string of the molecule is CC(C)CC(N)C(=O)NC(Cc1cnc[nH]1)C(=O)NC(CO)C(=O)NC(C)C(=O)O. The van der Waals surface area contributed by atoms with E-state index in [1.807, 2.05) is 13.8 Å². The number of carboxylic acids is 1. The quantitative estimate of drug-likeness (QED) is 0.196. The van der Waals surface area contributed by atoms with Crippen LogP contribution in [0.5, 0.6) is 0 Å². The highest BCUT2D eigenvalue weighted by Gasteiger charge is 2.29. The molecule has 1 aromatic heterocycles. The van der Waals surface area contributed by atoms with Crippen LogP contribution in [0, 0.1) is 5.92 Å². The first-order valence-corrected chi connectivity index (χ1v) is 9.52. The summed E-state index contributed by atoms with van der Waals surface area (Å²) in [6, 6.07) is -4.53. The van der Waals surface area contributed by atoms with Crippen LogP contribution in [-0.4, -0.2) is 74.6 Å². The number of aromatic amines is 1. The first-order valence-electron chi connectivity index (χ1n) is 9.52. The lowest BCUT2D eigenvalue weighted by Crippen LogP contribution is -2.58. The van der Waals surface area contributed by atoms with Gasteiger partial charge >= 0.3 is 5.97 Å². The maximum absolute atomic E-state index is 12.7. The van der Waals surface area contributed by atoms with Crippen molar-refractivity contribution in [1.82, 2.24) is 25.9 Å². The zero-order valence-corrected chi connectivity index (χ0v) is 17.2. The number of aliphatic carboxylic acids is 1. The Morgan fingerprint density at radius 3 is 2.17 bits per heavy atom. The molecule has 8 N–H and O–H groups in total.